The van der Waals surface area contributed by atoms with Crippen LogP contribution in [0.25, 0.3) is 0 Å². The van der Waals surface area contributed by atoms with Crippen LogP contribution in [0.1, 0.15) is 54.1 Å². The van der Waals surface area contributed by atoms with Crippen LogP contribution in [0.2, 0.25) is 0 Å². The monoisotopic (exact) mass is 246 g/mol. The maximum Gasteiger partial charge on any atom is 0.0819 e. The minimum absolute atomic E-state index is 0.223. The van der Waals surface area contributed by atoms with Gasteiger partial charge >= 0.3 is 0 Å². The molecule has 17 heavy (non-hydrogen) atoms. The summed E-state index contributed by atoms with van der Waals surface area (Å²) in [7, 11) is 0. The molecule has 0 fully saturated rings. The summed E-state index contributed by atoms with van der Waals surface area (Å²) >= 11 is 5.18. The van der Waals surface area contributed by atoms with Crippen LogP contribution in [-0.4, -0.2) is 9.97 Å². The fourth-order valence-corrected chi connectivity index (χ4v) is 3.34. The van der Waals surface area contributed by atoms with Gasteiger partial charge in [-0.15, -0.1) is 0 Å². The number of nitrogens with two attached hydrogens (primary N) is 1. The molecule has 0 saturated carbocycles. The van der Waals surface area contributed by atoms with E-state index in [1.54, 1.807) is 0 Å². The van der Waals surface area contributed by atoms with Gasteiger partial charge in [0.05, 0.1) is 16.6 Å². The average Bonchev–Trinajstić information content (AvgIpc) is 2.35. The van der Waals surface area contributed by atoms with Gasteiger partial charge in [-0.25, -0.2) is 0 Å². The number of hydrogen-bond donors (Lipinski definition) is 1. The Morgan fingerprint density at radius 3 is 2.76 bits per heavy atom. The molecule has 90 valence electrons. The van der Waals surface area contributed by atoms with Crippen molar-refractivity contribution in [2.24, 2.45) is 5.73 Å². The van der Waals surface area contributed by atoms with Gasteiger partial charge in [-0.2, -0.15) is 0 Å². The third-order valence-electron chi connectivity index (χ3n) is 4.03. The molecule has 2 N–H and O–H groups in total. The van der Waals surface area contributed by atoms with Gasteiger partial charge in [0.15, 0.2) is 0 Å². The number of pyridine rings is 1. The topological polar surface area (TPSA) is 38.9 Å². The third-order valence-corrected chi connectivity index (χ3v) is 4.31. The highest BCUT2D eigenvalue weighted by molar-refractivity contribution is 7.80. The molecule has 3 heteroatoms. The van der Waals surface area contributed by atoms with Gasteiger partial charge in [-0.05, 0) is 56.1 Å². The smallest absolute Gasteiger partial charge is 0.0819 e. The number of thiocarbonyl (C=S) groups is 1. The van der Waals surface area contributed by atoms with Gasteiger partial charge in [0.2, 0.25) is 0 Å². The second-order valence-corrected chi connectivity index (χ2v) is 5.66. The molecule has 0 amide bonds. The zero-order valence-corrected chi connectivity index (χ0v) is 10.9. The molecular formula is C14H18N2S. The fraction of sp³-hybridized carbons (Fsp3) is 0.571. The summed E-state index contributed by atoms with van der Waals surface area (Å²) < 4.78 is 0. The summed E-state index contributed by atoms with van der Waals surface area (Å²) in [6.07, 6.45) is 8.33. The van der Waals surface area contributed by atoms with Crippen LogP contribution in [0, 0.1) is 0 Å². The summed E-state index contributed by atoms with van der Waals surface area (Å²) in [6.45, 7) is 0. The van der Waals surface area contributed by atoms with Gasteiger partial charge in [0.25, 0.3) is 0 Å². The van der Waals surface area contributed by atoms with Crippen LogP contribution < -0.4 is 5.73 Å². The van der Waals surface area contributed by atoms with Crippen molar-refractivity contribution < 1.29 is 0 Å². The highest BCUT2D eigenvalue weighted by Gasteiger charge is 2.26. The Morgan fingerprint density at radius 1 is 1.18 bits per heavy atom. The van der Waals surface area contributed by atoms with E-state index in [-0.39, 0.29) is 5.92 Å². The first-order chi connectivity index (χ1) is 8.25. The molecule has 2 aliphatic rings. The lowest BCUT2D eigenvalue weighted by atomic mass is 9.84. The van der Waals surface area contributed by atoms with Gasteiger partial charge in [-0.1, -0.05) is 18.3 Å². The molecule has 2 aliphatic carbocycles. The normalized spacial score (nSPS) is 22.7. The summed E-state index contributed by atoms with van der Waals surface area (Å²) in [4.78, 5) is 5.51. The van der Waals surface area contributed by atoms with E-state index < -0.39 is 0 Å². The van der Waals surface area contributed by atoms with Gasteiger partial charge in [-0.3, -0.25) is 4.98 Å². The molecule has 1 aromatic rings. The van der Waals surface area contributed by atoms with E-state index in [1.165, 1.54) is 48.2 Å². The summed E-state index contributed by atoms with van der Waals surface area (Å²) in [5, 5.41) is 0. The summed E-state index contributed by atoms with van der Waals surface area (Å²) in [6, 6.07) is 2.38. The number of hydrogen-bond acceptors (Lipinski definition) is 2. The molecule has 1 atom stereocenters. The molecule has 0 aromatic carbocycles. The van der Waals surface area contributed by atoms with E-state index in [4.69, 9.17) is 22.9 Å². The highest BCUT2D eigenvalue weighted by Crippen LogP contribution is 2.33. The Balaban J connectivity index is 2.07. The average molecular weight is 246 g/mol. The SMILES string of the molecule is NC(=S)[C@H]1CCCc2cc3c(nc21)CCCC3. The second kappa shape index (κ2) is 4.37. The van der Waals surface area contributed by atoms with E-state index >= 15 is 0 Å². The van der Waals surface area contributed by atoms with Crippen LogP contribution >= 0.6 is 12.2 Å². The Kier molecular flexibility index (Phi) is 2.87. The van der Waals surface area contributed by atoms with E-state index in [0.717, 1.165) is 19.3 Å². The molecule has 1 aromatic heterocycles. The maximum absolute atomic E-state index is 5.85. The molecule has 0 unspecified atom stereocenters. The van der Waals surface area contributed by atoms with E-state index in [2.05, 4.69) is 6.07 Å². The van der Waals surface area contributed by atoms with Crippen molar-refractivity contribution in [2.75, 3.05) is 0 Å². The zero-order valence-electron chi connectivity index (χ0n) is 10.0. The molecule has 2 nitrogen and oxygen atoms in total. The van der Waals surface area contributed by atoms with Crippen molar-refractivity contribution in [1.82, 2.24) is 4.98 Å². The van der Waals surface area contributed by atoms with Crippen LogP contribution in [0.15, 0.2) is 6.07 Å². The molecule has 1 heterocycles. The molecule has 0 aliphatic heterocycles. The zero-order chi connectivity index (χ0) is 11.8. The Hall–Kier alpha value is -0.960. The quantitative estimate of drug-likeness (QED) is 0.774. The van der Waals surface area contributed by atoms with Crippen molar-refractivity contribution >= 4 is 17.2 Å². The first-order valence-corrected chi connectivity index (χ1v) is 6.97. The van der Waals surface area contributed by atoms with Crippen LogP contribution in [0.5, 0.6) is 0 Å². The number of nitrogens with zero attached hydrogens (tertiary/aromatic N) is 1. The van der Waals surface area contributed by atoms with Crippen molar-refractivity contribution in [3.63, 3.8) is 0 Å². The van der Waals surface area contributed by atoms with E-state index in [9.17, 15) is 0 Å². The first-order valence-electron chi connectivity index (χ1n) is 6.56. The number of fused-ring (bicyclic) bond motifs is 2. The molecule has 0 radical (unpaired) electrons. The van der Waals surface area contributed by atoms with Crippen molar-refractivity contribution in [2.45, 2.75) is 50.9 Å². The predicted molar refractivity (Wildman–Crippen MR) is 73.3 cm³/mol. The number of aryl methyl sites for hydroxylation is 3. The molecule has 0 bridgehead atoms. The first kappa shape index (κ1) is 11.1. The van der Waals surface area contributed by atoms with E-state index in [0.29, 0.717) is 4.99 Å². The lowest BCUT2D eigenvalue weighted by Gasteiger charge is -2.26. The lowest BCUT2D eigenvalue weighted by molar-refractivity contribution is 0.607. The molecule has 0 saturated heterocycles. The van der Waals surface area contributed by atoms with Crippen molar-refractivity contribution in [3.05, 3.63) is 28.6 Å². The molecular weight excluding hydrogens is 228 g/mol. The largest absolute Gasteiger partial charge is 0.393 e. The number of rotatable bonds is 1. The third kappa shape index (κ3) is 1.97. The van der Waals surface area contributed by atoms with Crippen LogP contribution in [0.3, 0.4) is 0 Å². The standard InChI is InChI=1S/C14H18N2S/c15-14(17)11-6-3-5-10-8-9-4-1-2-7-12(9)16-13(10)11/h8,11H,1-7H2,(H2,15,17)/t11-/m0/s1. The highest BCUT2D eigenvalue weighted by atomic mass is 32.1. The molecule has 0 spiro atoms. The molecule has 3 rings (SSSR count). The summed E-state index contributed by atoms with van der Waals surface area (Å²) in [5.74, 6) is 0.223. The van der Waals surface area contributed by atoms with Crippen molar-refractivity contribution in [1.29, 1.82) is 0 Å². The Bertz CT molecular complexity index is 468. The van der Waals surface area contributed by atoms with E-state index in [1.807, 2.05) is 0 Å². The van der Waals surface area contributed by atoms with Gasteiger partial charge in [0, 0.05) is 5.69 Å². The fourth-order valence-electron chi connectivity index (χ4n) is 3.11. The number of aromatic nitrogens is 1. The van der Waals surface area contributed by atoms with Crippen molar-refractivity contribution in [3.8, 4) is 0 Å². The minimum Gasteiger partial charge on any atom is -0.393 e. The Morgan fingerprint density at radius 2 is 1.94 bits per heavy atom. The minimum atomic E-state index is 0.223. The Labute approximate surface area is 108 Å². The predicted octanol–water partition coefficient (Wildman–Crippen LogP) is 2.67. The maximum atomic E-state index is 5.85. The lowest BCUT2D eigenvalue weighted by Crippen LogP contribution is -2.25. The second-order valence-electron chi connectivity index (χ2n) is 5.19. The van der Waals surface area contributed by atoms with Crippen LogP contribution in [0.4, 0.5) is 0 Å². The van der Waals surface area contributed by atoms with Gasteiger partial charge in [0.1, 0.15) is 0 Å². The van der Waals surface area contributed by atoms with Crippen LogP contribution in [-0.2, 0) is 19.3 Å². The van der Waals surface area contributed by atoms with Gasteiger partial charge < -0.3 is 5.73 Å². The summed E-state index contributed by atoms with van der Waals surface area (Å²) in [5.41, 5.74) is 11.2.